The Balaban J connectivity index is 1.77. The van der Waals surface area contributed by atoms with Crippen LogP contribution >= 0.6 is 23.4 Å². The van der Waals surface area contributed by atoms with Gasteiger partial charge in [-0.15, -0.1) is 11.8 Å². The van der Waals surface area contributed by atoms with Gasteiger partial charge in [0, 0.05) is 35.0 Å². The first kappa shape index (κ1) is 14.9. The molecule has 6 heteroatoms. The zero-order valence-electron chi connectivity index (χ0n) is 11.4. The maximum Gasteiger partial charge on any atom is 0.254 e. The van der Waals surface area contributed by atoms with Crippen LogP contribution < -0.4 is 5.32 Å². The molecule has 106 valence electrons. The number of aromatic nitrogens is 2. The summed E-state index contributed by atoms with van der Waals surface area (Å²) in [5, 5.41) is 7.69. The molecule has 20 heavy (non-hydrogen) atoms. The molecule has 0 atom stereocenters. The summed E-state index contributed by atoms with van der Waals surface area (Å²) in [6.45, 7) is 2.49. The molecule has 0 spiro atoms. The summed E-state index contributed by atoms with van der Waals surface area (Å²) in [6, 6.07) is 7.67. The highest BCUT2D eigenvalue weighted by molar-refractivity contribution is 7.99. The van der Waals surface area contributed by atoms with Crippen molar-refractivity contribution in [1.29, 1.82) is 0 Å². The van der Waals surface area contributed by atoms with E-state index in [4.69, 9.17) is 11.6 Å². The molecule has 1 amide bonds. The van der Waals surface area contributed by atoms with Crippen LogP contribution in [-0.4, -0.2) is 28.0 Å². The second-order valence-electron chi connectivity index (χ2n) is 4.33. The van der Waals surface area contributed by atoms with Gasteiger partial charge in [0.15, 0.2) is 0 Å². The molecule has 0 fully saturated rings. The van der Waals surface area contributed by atoms with Crippen LogP contribution in [0.3, 0.4) is 0 Å². The molecule has 1 aromatic heterocycles. The molecule has 0 saturated carbocycles. The SMILES string of the molecule is Cc1c(C(=O)NCCSc2ccc(Cl)cc2)cnn1C. The van der Waals surface area contributed by atoms with E-state index in [0.29, 0.717) is 12.1 Å². The van der Waals surface area contributed by atoms with E-state index < -0.39 is 0 Å². The van der Waals surface area contributed by atoms with Gasteiger partial charge in [-0.1, -0.05) is 11.6 Å². The Morgan fingerprint density at radius 2 is 2.10 bits per heavy atom. The van der Waals surface area contributed by atoms with E-state index in [1.54, 1.807) is 22.6 Å². The topological polar surface area (TPSA) is 46.9 Å². The van der Waals surface area contributed by atoms with E-state index in [-0.39, 0.29) is 5.91 Å². The summed E-state index contributed by atoms with van der Waals surface area (Å²) in [6.07, 6.45) is 1.59. The highest BCUT2D eigenvalue weighted by Crippen LogP contribution is 2.19. The monoisotopic (exact) mass is 309 g/mol. The van der Waals surface area contributed by atoms with Crippen LogP contribution in [0.5, 0.6) is 0 Å². The molecule has 0 unspecified atom stereocenters. The number of amides is 1. The number of halogens is 1. The fourth-order valence-corrected chi connectivity index (χ4v) is 2.58. The van der Waals surface area contributed by atoms with Gasteiger partial charge < -0.3 is 5.32 Å². The number of benzene rings is 1. The quantitative estimate of drug-likeness (QED) is 0.682. The minimum absolute atomic E-state index is 0.0766. The van der Waals surface area contributed by atoms with Crippen LogP contribution in [0.1, 0.15) is 16.1 Å². The molecular weight excluding hydrogens is 294 g/mol. The summed E-state index contributed by atoms with van der Waals surface area (Å²) >= 11 is 7.51. The third-order valence-corrected chi connectivity index (χ3v) is 4.22. The second kappa shape index (κ2) is 6.81. The molecular formula is C14H16ClN3OS. The van der Waals surface area contributed by atoms with Gasteiger partial charge in [-0.05, 0) is 31.2 Å². The number of nitrogens with one attached hydrogen (secondary N) is 1. The number of hydrogen-bond donors (Lipinski definition) is 1. The summed E-state index contributed by atoms with van der Waals surface area (Å²) in [7, 11) is 1.82. The number of thioether (sulfide) groups is 1. The fraction of sp³-hybridized carbons (Fsp3) is 0.286. The lowest BCUT2D eigenvalue weighted by molar-refractivity contribution is 0.0955. The van der Waals surface area contributed by atoms with Gasteiger partial charge in [0.2, 0.25) is 0 Å². The van der Waals surface area contributed by atoms with Gasteiger partial charge >= 0.3 is 0 Å². The summed E-state index contributed by atoms with van der Waals surface area (Å²) < 4.78 is 1.69. The Kier molecular flexibility index (Phi) is 5.09. The van der Waals surface area contributed by atoms with Crippen molar-refractivity contribution in [3.63, 3.8) is 0 Å². The van der Waals surface area contributed by atoms with Crippen molar-refractivity contribution in [2.75, 3.05) is 12.3 Å². The molecule has 1 heterocycles. The van der Waals surface area contributed by atoms with E-state index in [1.807, 2.05) is 38.2 Å². The van der Waals surface area contributed by atoms with Crippen molar-refractivity contribution in [3.8, 4) is 0 Å². The summed E-state index contributed by atoms with van der Waals surface area (Å²) in [5.41, 5.74) is 1.50. The van der Waals surface area contributed by atoms with Crippen molar-refractivity contribution in [3.05, 3.63) is 46.7 Å². The highest BCUT2D eigenvalue weighted by atomic mass is 35.5. The van der Waals surface area contributed by atoms with Gasteiger partial charge in [-0.2, -0.15) is 5.10 Å². The minimum atomic E-state index is -0.0766. The van der Waals surface area contributed by atoms with Crippen LogP contribution in [0.25, 0.3) is 0 Å². The Bertz CT molecular complexity index is 595. The number of rotatable bonds is 5. The molecule has 1 N–H and O–H groups in total. The van der Waals surface area contributed by atoms with Crippen molar-refractivity contribution >= 4 is 29.3 Å². The third kappa shape index (κ3) is 3.77. The lowest BCUT2D eigenvalue weighted by Gasteiger charge is -2.05. The van der Waals surface area contributed by atoms with E-state index in [1.165, 1.54) is 0 Å². The van der Waals surface area contributed by atoms with Gasteiger partial charge in [-0.25, -0.2) is 0 Å². The first-order chi connectivity index (χ1) is 9.58. The number of nitrogens with zero attached hydrogens (tertiary/aromatic N) is 2. The Morgan fingerprint density at radius 1 is 1.40 bits per heavy atom. The number of carbonyl (C=O) groups excluding carboxylic acids is 1. The second-order valence-corrected chi connectivity index (χ2v) is 5.93. The molecule has 0 saturated heterocycles. The third-order valence-electron chi connectivity index (χ3n) is 2.95. The van der Waals surface area contributed by atoms with E-state index in [9.17, 15) is 4.79 Å². The number of hydrogen-bond acceptors (Lipinski definition) is 3. The highest BCUT2D eigenvalue weighted by Gasteiger charge is 2.11. The van der Waals surface area contributed by atoms with Gasteiger partial charge in [-0.3, -0.25) is 9.48 Å². The van der Waals surface area contributed by atoms with Gasteiger partial charge in [0.05, 0.1) is 11.8 Å². The molecule has 2 rings (SSSR count). The van der Waals surface area contributed by atoms with Crippen molar-refractivity contribution in [2.45, 2.75) is 11.8 Å². The largest absolute Gasteiger partial charge is 0.351 e. The van der Waals surface area contributed by atoms with Crippen LogP contribution in [0.2, 0.25) is 5.02 Å². The van der Waals surface area contributed by atoms with Crippen LogP contribution in [0, 0.1) is 6.92 Å². The van der Waals surface area contributed by atoms with Crippen molar-refractivity contribution < 1.29 is 4.79 Å². The Morgan fingerprint density at radius 3 is 2.70 bits per heavy atom. The molecule has 0 aliphatic heterocycles. The maximum atomic E-state index is 11.9. The van der Waals surface area contributed by atoms with Gasteiger partial charge in [0.1, 0.15) is 0 Å². The standard InChI is InChI=1S/C14H16ClN3OS/c1-10-13(9-17-18(10)2)14(19)16-7-8-20-12-5-3-11(15)4-6-12/h3-6,9H,7-8H2,1-2H3,(H,16,19). The summed E-state index contributed by atoms with van der Waals surface area (Å²) in [4.78, 5) is 13.1. The zero-order valence-corrected chi connectivity index (χ0v) is 13.0. The van der Waals surface area contributed by atoms with Crippen molar-refractivity contribution in [2.24, 2.45) is 7.05 Å². The average Bonchev–Trinajstić information content (AvgIpc) is 2.77. The van der Waals surface area contributed by atoms with Crippen LogP contribution in [0.15, 0.2) is 35.4 Å². The first-order valence-corrected chi connectivity index (χ1v) is 7.59. The molecule has 0 radical (unpaired) electrons. The first-order valence-electron chi connectivity index (χ1n) is 6.23. The van der Waals surface area contributed by atoms with E-state index in [2.05, 4.69) is 10.4 Å². The zero-order chi connectivity index (χ0) is 14.5. The number of carbonyl (C=O) groups is 1. The number of aryl methyl sites for hydroxylation is 1. The molecule has 0 aliphatic carbocycles. The fourth-order valence-electron chi connectivity index (χ4n) is 1.68. The molecule has 1 aromatic carbocycles. The molecule has 0 bridgehead atoms. The molecule has 4 nitrogen and oxygen atoms in total. The lowest BCUT2D eigenvalue weighted by atomic mass is 10.2. The molecule has 0 aliphatic rings. The smallest absolute Gasteiger partial charge is 0.254 e. The Hall–Kier alpha value is -1.46. The predicted molar refractivity (Wildman–Crippen MR) is 82.5 cm³/mol. The molecule has 2 aromatic rings. The van der Waals surface area contributed by atoms with E-state index >= 15 is 0 Å². The van der Waals surface area contributed by atoms with E-state index in [0.717, 1.165) is 21.4 Å². The van der Waals surface area contributed by atoms with Crippen molar-refractivity contribution in [1.82, 2.24) is 15.1 Å². The Labute approximate surface area is 127 Å². The summed E-state index contributed by atoms with van der Waals surface area (Å²) in [5.74, 6) is 0.736. The normalized spacial score (nSPS) is 10.6. The van der Waals surface area contributed by atoms with Gasteiger partial charge in [0.25, 0.3) is 5.91 Å². The maximum absolute atomic E-state index is 11.9. The minimum Gasteiger partial charge on any atom is -0.351 e. The van der Waals surface area contributed by atoms with Crippen LogP contribution in [0.4, 0.5) is 0 Å². The van der Waals surface area contributed by atoms with Crippen LogP contribution in [-0.2, 0) is 7.05 Å². The lowest BCUT2D eigenvalue weighted by Crippen LogP contribution is -2.26. The average molecular weight is 310 g/mol. The predicted octanol–water partition coefficient (Wildman–Crippen LogP) is 2.90.